The van der Waals surface area contributed by atoms with Gasteiger partial charge in [-0.2, -0.15) is 13.2 Å². The van der Waals surface area contributed by atoms with Gasteiger partial charge in [0.1, 0.15) is 5.82 Å². The first-order valence-corrected chi connectivity index (χ1v) is 7.26. The Kier molecular flexibility index (Phi) is 5.11. The van der Waals surface area contributed by atoms with Gasteiger partial charge in [-0.15, -0.1) is 0 Å². The molecule has 2 rings (SSSR count). The predicted molar refractivity (Wildman–Crippen MR) is 85.0 cm³/mol. The Balaban J connectivity index is 2.53. The van der Waals surface area contributed by atoms with Gasteiger partial charge in [-0.25, -0.2) is 9.78 Å². The van der Waals surface area contributed by atoms with Gasteiger partial charge in [0.05, 0.1) is 23.4 Å². The number of benzene rings is 1. The summed E-state index contributed by atoms with van der Waals surface area (Å²) < 4.78 is 44.3. The van der Waals surface area contributed by atoms with Crippen LogP contribution in [0.1, 0.15) is 22.8 Å². The second-order valence-corrected chi connectivity index (χ2v) is 5.29. The average molecular weight is 338 g/mol. The van der Waals surface area contributed by atoms with Crippen molar-refractivity contribution in [2.45, 2.75) is 13.1 Å². The van der Waals surface area contributed by atoms with E-state index in [2.05, 4.69) is 4.98 Å². The number of esters is 1. The molecule has 0 amide bonds. The summed E-state index contributed by atoms with van der Waals surface area (Å²) in [5, 5.41) is 0. The van der Waals surface area contributed by atoms with Crippen molar-refractivity contribution < 1.29 is 22.7 Å². The number of rotatable bonds is 4. The van der Waals surface area contributed by atoms with Crippen molar-refractivity contribution in [1.29, 1.82) is 0 Å². The number of alkyl halides is 3. The zero-order valence-electron chi connectivity index (χ0n) is 13.5. The van der Waals surface area contributed by atoms with Crippen LogP contribution in [0.25, 0.3) is 11.3 Å². The fourth-order valence-corrected chi connectivity index (χ4v) is 2.08. The number of halogens is 3. The van der Waals surface area contributed by atoms with Crippen molar-refractivity contribution in [2.75, 3.05) is 25.6 Å². The number of nitrogens with zero attached hydrogens (tertiary/aromatic N) is 2. The van der Waals surface area contributed by atoms with E-state index in [-0.39, 0.29) is 23.7 Å². The van der Waals surface area contributed by atoms with Crippen molar-refractivity contribution in [2.24, 2.45) is 0 Å². The third-order valence-corrected chi connectivity index (χ3v) is 3.27. The van der Waals surface area contributed by atoms with E-state index >= 15 is 0 Å². The Labute approximate surface area is 137 Å². The minimum atomic E-state index is -4.48. The van der Waals surface area contributed by atoms with E-state index in [4.69, 9.17) is 4.74 Å². The molecule has 0 N–H and O–H groups in total. The Hall–Kier alpha value is -2.57. The Morgan fingerprint density at radius 2 is 1.92 bits per heavy atom. The molecule has 1 heterocycles. The van der Waals surface area contributed by atoms with Gasteiger partial charge in [0.25, 0.3) is 0 Å². The number of aromatic nitrogens is 1. The Morgan fingerprint density at radius 1 is 1.21 bits per heavy atom. The first-order chi connectivity index (χ1) is 11.2. The molecule has 7 heteroatoms. The van der Waals surface area contributed by atoms with E-state index in [1.807, 2.05) is 0 Å². The quantitative estimate of drug-likeness (QED) is 0.790. The van der Waals surface area contributed by atoms with Crippen LogP contribution < -0.4 is 4.90 Å². The van der Waals surface area contributed by atoms with E-state index in [0.29, 0.717) is 5.56 Å². The summed E-state index contributed by atoms with van der Waals surface area (Å²) in [7, 11) is 3.22. The second-order valence-electron chi connectivity index (χ2n) is 5.29. The molecule has 0 aliphatic carbocycles. The molecular weight excluding hydrogens is 321 g/mol. The number of carbonyl (C=O) groups is 1. The number of ether oxygens (including phenoxy) is 1. The first-order valence-electron chi connectivity index (χ1n) is 7.26. The van der Waals surface area contributed by atoms with Crippen LogP contribution in [-0.2, 0) is 10.9 Å². The second kappa shape index (κ2) is 6.90. The number of carbonyl (C=O) groups excluding carboxylic acids is 1. The van der Waals surface area contributed by atoms with Gasteiger partial charge in [0.2, 0.25) is 0 Å². The van der Waals surface area contributed by atoms with Crippen molar-refractivity contribution in [1.82, 2.24) is 4.98 Å². The maximum absolute atomic E-state index is 13.1. The van der Waals surface area contributed by atoms with Gasteiger partial charge < -0.3 is 9.64 Å². The molecule has 0 bridgehead atoms. The SMILES string of the molecule is CCOC(=O)c1cccc(-c2cc(C(F)(F)F)cc(N(C)C)n2)c1. The van der Waals surface area contributed by atoms with Crippen LogP contribution in [-0.4, -0.2) is 31.7 Å². The minimum absolute atomic E-state index is 0.139. The van der Waals surface area contributed by atoms with Gasteiger partial charge in [-0.05, 0) is 31.2 Å². The van der Waals surface area contributed by atoms with E-state index in [9.17, 15) is 18.0 Å². The lowest BCUT2D eigenvalue weighted by Crippen LogP contribution is -2.14. The van der Waals surface area contributed by atoms with Gasteiger partial charge in [-0.3, -0.25) is 0 Å². The smallest absolute Gasteiger partial charge is 0.416 e. The van der Waals surface area contributed by atoms with Crippen LogP contribution in [0.3, 0.4) is 0 Å². The van der Waals surface area contributed by atoms with Crippen LogP contribution in [0.5, 0.6) is 0 Å². The van der Waals surface area contributed by atoms with Crippen LogP contribution in [0.15, 0.2) is 36.4 Å². The molecule has 0 fully saturated rings. The lowest BCUT2D eigenvalue weighted by Gasteiger charge is -2.16. The van der Waals surface area contributed by atoms with E-state index in [0.717, 1.165) is 12.1 Å². The number of hydrogen-bond donors (Lipinski definition) is 0. The topological polar surface area (TPSA) is 42.4 Å². The highest BCUT2D eigenvalue weighted by Gasteiger charge is 2.32. The molecule has 0 saturated heterocycles. The molecular formula is C17H17F3N2O2. The highest BCUT2D eigenvalue weighted by molar-refractivity contribution is 5.90. The first kappa shape index (κ1) is 17.8. The molecule has 0 saturated carbocycles. The lowest BCUT2D eigenvalue weighted by molar-refractivity contribution is -0.137. The number of hydrogen-bond acceptors (Lipinski definition) is 4. The monoisotopic (exact) mass is 338 g/mol. The zero-order chi connectivity index (χ0) is 17.9. The van der Waals surface area contributed by atoms with Crippen LogP contribution in [0.4, 0.5) is 19.0 Å². The summed E-state index contributed by atoms with van der Waals surface area (Å²) in [4.78, 5) is 17.5. The van der Waals surface area contributed by atoms with Crippen LogP contribution in [0.2, 0.25) is 0 Å². The number of pyridine rings is 1. The van der Waals surface area contributed by atoms with Crippen molar-refractivity contribution in [3.05, 3.63) is 47.5 Å². The average Bonchev–Trinajstić information content (AvgIpc) is 2.54. The molecule has 1 aromatic heterocycles. The van der Waals surface area contributed by atoms with Gasteiger partial charge >= 0.3 is 12.1 Å². The molecule has 0 atom stereocenters. The summed E-state index contributed by atoms with van der Waals surface area (Å²) in [6, 6.07) is 8.15. The molecule has 1 aromatic carbocycles. The van der Waals surface area contributed by atoms with Gasteiger partial charge in [0, 0.05) is 19.7 Å². The van der Waals surface area contributed by atoms with E-state index in [1.165, 1.54) is 11.0 Å². The van der Waals surface area contributed by atoms with Gasteiger partial charge in [0.15, 0.2) is 0 Å². The molecule has 0 aliphatic rings. The molecule has 128 valence electrons. The largest absolute Gasteiger partial charge is 0.462 e. The van der Waals surface area contributed by atoms with Crippen molar-refractivity contribution in [3.8, 4) is 11.3 Å². The molecule has 2 aromatic rings. The number of anilines is 1. The fraction of sp³-hybridized carbons (Fsp3) is 0.294. The lowest BCUT2D eigenvalue weighted by atomic mass is 10.1. The highest BCUT2D eigenvalue weighted by atomic mass is 19.4. The summed E-state index contributed by atoms with van der Waals surface area (Å²) in [5.74, 6) is -0.347. The van der Waals surface area contributed by atoms with E-state index < -0.39 is 17.7 Å². The molecule has 0 unspecified atom stereocenters. The molecule has 4 nitrogen and oxygen atoms in total. The summed E-state index contributed by atoms with van der Waals surface area (Å²) in [5.41, 5.74) is 0.0205. The normalized spacial score (nSPS) is 11.2. The van der Waals surface area contributed by atoms with Crippen molar-refractivity contribution >= 4 is 11.8 Å². The molecule has 24 heavy (non-hydrogen) atoms. The van der Waals surface area contributed by atoms with Crippen LogP contribution in [0, 0.1) is 0 Å². The predicted octanol–water partition coefficient (Wildman–Crippen LogP) is 4.01. The third-order valence-electron chi connectivity index (χ3n) is 3.27. The molecule has 0 radical (unpaired) electrons. The van der Waals surface area contributed by atoms with Crippen molar-refractivity contribution in [3.63, 3.8) is 0 Å². The van der Waals surface area contributed by atoms with E-state index in [1.54, 1.807) is 39.2 Å². The minimum Gasteiger partial charge on any atom is -0.462 e. The highest BCUT2D eigenvalue weighted by Crippen LogP contribution is 2.34. The standard InChI is InChI=1S/C17H17F3N2O2/c1-4-24-16(23)12-7-5-6-11(8-12)14-9-13(17(18,19)20)10-15(21-14)22(2)3/h5-10H,4H2,1-3H3. The zero-order valence-corrected chi connectivity index (χ0v) is 13.5. The van der Waals surface area contributed by atoms with Gasteiger partial charge in [-0.1, -0.05) is 12.1 Å². The fourth-order valence-electron chi connectivity index (χ4n) is 2.08. The third kappa shape index (κ3) is 4.04. The summed E-state index contributed by atoms with van der Waals surface area (Å²) in [6.07, 6.45) is -4.48. The summed E-state index contributed by atoms with van der Waals surface area (Å²) >= 11 is 0. The molecule has 0 spiro atoms. The Morgan fingerprint density at radius 3 is 2.50 bits per heavy atom. The maximum Gasteiger partial charge on any atom is 0.416 e. The van der Waals surface area contributed by atoms with Crippen LogP contribution >= 0.6 is 0 Å². The Bertz CT molecular complexity index is 743. The molecule has 0 aliphatic heterocycles. The summed E-state index contributed by atoms with van der Waals surface area (Å²) in [6.45, 7) is 1.90. The maximum atomic E-state index is 13.1.